The van der Waals surface area contributed by atoms with Crippen molar-refractivity contribution in [3.05, 3.63) is 18.2 Å². The third-order valence-corrected chi connectivity index (χ3v) is 5.60. The number of fused-ring (bicyclic) bond motifs is 1. The van der Waals surface area contributed by atoms with Gasteiger partial charge in [-0.15, -0.1) is 0 Å². The fourth-order valence-corrected chi connectivity index (χ4v) is 4.43. The topological polar surface area (TPSA) is 83.4 Å². The Kier molecular flexibility index (Phi) is 4.69. The summed E-state index contributed by atoms with van der Waals surface area (Å²) in [5.41, 5.74) is 0.995. The smallest absolute Gasteiger partial charge is 0.245 e. The Bertz CT molecular complexity index is 682. The van der Waals surface area contributed by atoms with Gasteiger partial charge in [0.1, 0.15) is 15.9 Å². The van der Waals surface area contributed by atoms with Crippen molar-refractivity contribution in [2.45, 2.75) is 31.2 Å². The average Bonchev–Trinajstić information content (AvgIpc) is 2.86. The van der Waals surface area contributed by atoms with E-state index < -0.39 is 10.0 Å². The maximum Gasteiger partial charge on any atom is 0.245 e. The highest BCUT2D eigenvalue weighted by molar-refractivity contribution is 7.89. The van der Waals surface area contributed by atoms with E-state index >= 15 is 0 Å². The summed E-state index contributed by atoms with van der Waals surface area (Å²) in [5, 5.41) is 8.93. The quantitative estimate of drug-likeness (QED) is 0.873. The van der Waals surface area contributed by atoms with E-state index in [0.29, 0.717) is 17.5 Å². The molecule has 1 aromatic carbocycles. The Morgan fingerprint density at radius 3 is 2.75 bits per heavy atom. The lowest BCUT2D eigenvalue weighted by Gasteiger charge is -2.25. The van der Waals surface area contributed by atoms with E-state index in [9.17, 15) is 8.42 Å². The lowest BCUT2D eigenvalue weighted by atomic mass is 10.3. The molecule has 6 nitrogen and oxygen atoms in total. The van der Waals surface area contributed by atoms with Gasteiger partial charge in [0.05, 0.1) is 11.7 Å². The molecule has 110 valence electrons. The molecule has 0 unspecified atom stereocenters. The summed E-state index contributed by atoms with van der Waals surface area (Å²) in [6, 6.07) is 4.77. The normalized spacial score (nSPS) is 12.7. The summed E-state index contributed by atoms with van der Waals surface area (Å²) in [5.74, 6) is 0. The van der Waals surface area contributed by atoms with Crippen molar-refractivity contribution < 1.29 is 13.5 Å². The van der Waals surface area contributed by atoms with Gasteiger partial charge in [0.2, 0.25) is 10.0 Å². The molecule has 0 saturated heterocycles. The van der Waals surface area contributed by atoms with E-state index in [4.69, 9.17) is 5.11 Å². The molecular weight excluding hydrogens is 298 g/mol. The highest BCUT2D eigenvalue weighted by Gasteiger charge is 2.29. The van der Waals surface area contributed by atoms with Crippen LogP contribution in [-0.2, 0) is 10.0 Å². The molecule has 0 radical (unpaired) electrons. The zero-order valence-electron chi connectivity index (χ0n) is 11.4. The number of nitrogens with zero attached hydrogens (tertiary/aromatic N) is 3. The maximum atomic E-state index is 12.8. The van der Waals surface area contributed by atoms with Crippen LogP contribution in [0.25, 0.3) is 11.0 Å². The number of sulfonamides is 1. The van der Waals surface area contributed by atoms with Crippen molar-refractivity contribution >= 4 is 32.8 Å². The predicted octanol–water partition coefficient (Wildman–Crippen LogP) is 1.47. The first kappa shape index (κ1) is 15.3. The maximum absolute atomic E-state index is 12.8. The summed E-state index contributed by atoms with van der Waals surface area (Å²) in [4.78, 5) is 0.176. The fraction of sp³-hybridized carbons (Fsp3) is 0.500. The van der Waals surface area contributed by atoms with Gasteiger partial charge in [-0.25, -0.2) is 8.42 Å². The molecule has 2 rings (SSSR count). The minimum atomic E-state index is -3.64. The average molecular weight is 315 g/mol. The number of rotatable bonds is 6. The highest BCUT2D eigenvalue weighted by Crippen LogP contribution is 2.25. The number of benzene rings is 1. The zero-order valence-corrected chi connectivity index (χ0v) is 13.0. The zero-order chi connectivity index (χ0) is 14.8. The van der Waals surface area contributed by atoms with Crippen LogP contribution in [0.4, 0.5) is 0 Å². The molecule has 0 fully saturated rings. The molecule has 0 aliphatic carbocycles. The van der Waals surface area contributed by atoms with Crippen LogP contribution in [0.2, 0.25) is 0 Å². The van der Waals surface area contributed by atoms with Gasteiger partial charge < -0.3 is 5.11 Å². The Labute approximate surface area is 122 Å². The van der Waals surface area contributed by atoms with Crippen LogP contribution in [0.3, 0.4) is 0 Å². The summed E-state index contributed by atoms with van der Waals surface area (Å²) in [6.07, 6.45) is 0.405. The van der Waals surface area contributed by atoms with E-state index in [1.165, 1.54) is 4.31 Å². The summed E-state index contributed by atoms with van der Waals surface area (Å²) < 4.78 is 35.1. The van der Waals surface area contributed by atoms with Crippen LogP contribution in [0, 0.1) is 0 Å². The standard InChI is InChI=1S/C12H17N3O3S2/c1-9(2)15(7-4-8-16)20(17,18)11-6-3-5-10-12(11)14-19-13-10/h3,5-6,9,16H,4,7-8H2,1-2H3. The van der Waals surface area contributed by atoms with Crippen LogP contribution in [0.15, 0.2) is 23.1 Å². The van der Waals surface area contributed by atoms with Crippen LogP contribution in [0.5, 0.6) is 0 Å². The number of aliphatic hydroxyl groups excluding tert-OH is 1. The first-order valence-corrected chi connectivity index (χ1v) is 8.49. The van der Waals surface area contributed by atoms with E-state index in [-0.39, 0.29) is 24.1 Å². The van der Waals surface area contributed by atoms with Gasteiger partial charge in [0.15, 0.2) is 0 Å². The van der Waals surface area contributed by atoms with Gasteiger partial charge in [-0.1, -0.05) is 6.07 Å². The first-order chi connectivity index (χ1) is 9.48. The molecule has 0 spiro atoms. The molecule has 0 atom stereocenters. The van der Waals surface area contributed by atoms with Crippen molar-refractivity contribution in [2.75, 3.05) is 13.2 Å². The predicted molar refractivity (Wildman–Crippen MR) is 78.1 cm³/mol. The fourth-order valence-electron chi connectivity index (χ4n) is 2.00. The minimum Gasteiger partial charge on any atom is -0.396 e. The van der Waals surface area contributed by atoms with Crippen molar-refractivity contribution in [3.63, 3.8) is 0 Å². The second-order valence-corrected chi connectivity index (χ2v) is 7.06. The van der Waals surface area contributed by atoms with Crippen LogP contribution in [0.1, 0.15) is 20.3 Å². The minimum absolute atomic E-state index is 0.0405. The van der Waals surface area contributed by atoms with E-state index in [1.807, 2.05) is 13.8 Å². The third-order valence-electron chi connectivity index (χ3n) is 2.95. The Hall–Kier alpha value is -1.09. The third kappa shape index (κ3) is 2.83. The molecule has 0 bridgehead atoms. The molecule has 0 amide bonds. The van der Waals surface area contributed by atoms with Gasteiger partial charge >= 0.3 is 0 Å². The Morgan fingerprint density at radius 1 is 1.35 bits per heavy atom. The number of aliphatic hydroxyl groups is 1. The second kappa shape index (κ2) is 6.13. The molecule has 1 heterocycles. The molecule has 2 aromatic rings. The lowest BCUT2D eigenvalue weighted by Crippen LogP contribution is -2.38. The van der Waals surface area contributed by atoms with Gasteiger partial charge in [-0.2, -0.15) is 13.1 Å². The van der Waals surface area contributed by atoms with Crippen LogP contribution >= 0.6 is 11.7 Å². The molecule has 0 aliphatic rings. The number of hydrogen-bond donors (Lipinski definition) is 1. The summed E-state index contributed by atoms with van der Waals surface area (Å²) >= 11 is 0.998. The lowest BCUT2D eigenvalue weighted by molar-refractivity contribution is 0.258. The number of aromatic nitrogens is 2. The van der Waals surface area contributed by atoms with Crippen LogP contribution < -0.4 is 0 Å². The molecule has 0 saturated carbocycles. The number of hydrogen-bond acceptors (Lipinski definition) is 6. The molecule has 1 aromatic heterocycles. The van der Waals surface area contributed by atoms with E-state index in [2.05, 4.69) is 8.75 Å². The summed E-state index contributed by atoms with van der Waals surface area (Å²) in [6.45, 7) is 3.87. The SMILES string of the molecule is CC(C)N(CCCO)S(=O)(=O)c1cccc2nsnc12. The second-order valence-electron chi connectivity index (χ2n) is 4.67. The largest absolute Gasteiger partial charge is 0.396 e. The molecule has 8 heteroatoms. The molecule has 1 N–H and O–H groups in total. The van der Waals surface area contributed by atoms with Crippen molar-refractivity contribution in [3.8, 4) is 0 Å². The van der Waals surface area contributed by atoms with Gasteiger partial charge in [-0.05, 0) is 32.4 Å². The van der Waals surface area contributed by atoms with E-state index in [1.54, 1.807) is 18.2 Å². The molecule has 20 heavy (non-hydrogen) atoms. The summed E-state index contributed by atoms with van der Waals surface area (Å²) in [7, 11) is -3.64. The molecular formula is C12H17N3O3S2. The van der Waals surface area contributed by atoms with E-state index in [0.717, 1.165) is 11.7 Å². The Balaban J connectivity index is 2.49. The van der Waals surface area contributed by atoms with Gasteiger partial charge in [-0.3, -0.25) is 0 Å². The van der Waals surface area contributed by atoms with Gasteiger partial charge in [0, 0.05) is 19.2 Å². The first-order valence-electron chi connectivity index (χ1n) is 6.32. The highest BCUT2D eigenvalue weighted by atomic mass is 32.2. The van der Waals surface area contributed by atoms with Crippen molar-refractivity contribution in [2.24, 2.45) is 0 Å². The van der Waals surface area contributed by atoms with Crippen molar-refractivity contribution in [1.82, 2.24) is 13.1 Å². The van der Waals surface area contributed by atoms with Gasteiger partial charge in [0.25, 0.3) is 0 Å². The Morgan fingerprint density at radius 2 is 2.10 bits per heavy atom. The monoisotopic (exact) mass is 315 g/mol. The molecule has 0 aliphatic heterocycles. The van der Waals surface area contributed by atoms with Crippen LogP contribution in [-0.4, -0.2) is 45.8 Å². The van der Waals surface area contributed by atoms with Crippen molar-refractivity contribution in [1.29, 1.82) is 0 Å².